The first-order chi connectivity index (χ1) is 13.8. The van der Waals surface area contributed by atoms with Gasteiger partial charge < -0.3 is 20.1 Å². The van der Waals surface area contributed by atoms with E-state index in [1.165, 1.54) is 6.92 Å². The molecule has 0 fully saturated rings. The molecule has 29 heavy (non-hydrogen) atoms. The van der Waals surface area contributed by atoms with Crippen LogP contribution in [0.25, 0.3) is 0 Å². The standard InChI is InChI=1S/C22H26N2O5/c1-5-28-19-10-8-18(9-11-19)24-21(26)16(4)29-20(25)13-23-22(27)17-7-6-14(2)15(3)12-17/h6-12,16H,5,13H2,1-4H3,(H,23,27)(H,24,26)/t16-/m1/s1. The number of hydrogen-bond donors (Lipinski definition) is 2. The van der Waals surface area contributed by atoms with Crippen LogP contribution in [0, 0.1) is 13.8 Å². The van der Waals surface area contributed by atoms with E-state index in [0.717, 1.165) is 11.1 Å². The zero-order chi connectivity index (χ0) is 21.4. The van der Waals surface area contributed by atoms with Crippen LogP contribution in [-0.4, -0.2) is 37.0 Å². The van der Waals surface area contributed by atoms with Crippen LogP contribution in [0.5, 0.6) is 5.75 Å². The van der Waals surface area contributed by atoms with Gasteiger partial charge >= 0.3 is 5.97 Å². The molecule has 2 N–H and O–H groups in total. The second kappa shape index (κ2) is 10.3. The number of carbonyl (C=O) groups excluding carboxylic acids is 3. The second-order valence-corrected chi connectivity index (χ2v) is 6.56. The molecule has 7 heteroatoms. The zero-order valence-corrected chi connectivity index (χ0v) is 17.1. The van der Waals surface area contributed by atoms with Gasteiger partial charge in [-0.05, 0) is 75.2 Å². The molecule has 154 valence electrons. The van der Waals surface area contributed by atoms with Crippen LogP contribution < -0.4 is 15.4 Å². The van der Waals surface area contributed by atoms with Crippen LogP contribution in [0.2, 0.25) is 0 Å². The molecule has 0 bridgehead atoms. The van der Waals surface area contributed by atoms with Crippen molar-refractivity contribution in [3.63, 3.8) is 0 Å². The quantitative estimate of drug-likeness (QED) is 0.667. The van der Waals surface area contributed by atoms with Gasteiger partial charge in [0.1, 0.15) is 12.3 Å². The van der Waals surface area contributed by atoms with Crippen molar-refractivity contribution in [3.05, 3.63) is 59.2 Å². The van der Waals surface area contributed by atoms with E-state index < -0.39 is 18.0 Å². The van der Waals surface area contributed by atoms with E-state index in [-0.39, 0.29) is 12.5 Å². The summed E-state index contributed by atoms with van der Waals surface area (Å²) in [4.78, 5) is 36.3. The SMILES string of the molecule is CCOc1ccc(NC(=O)[C@@H](C)OC(=O)CNC(=O)c2ccc(C)c(C)c2)cc1. The van der Waals surface area contributed by atoms with Crippen molar-refractivity contribution in [3.8, 4) is 5.75 Å². The monoisotopic (exact) mass is 398 g/mol. The number of esters is 1. The highest BCUT2D eigenvalue weighted by Gasteiger charge is 2.18. The largest absolute Gasteiger partial charge is 0.494 e. The number of benzene rings is 2. The Bertz CT molecular complexity index is 877. The van der Waals surface area contributed by atoms with Gasteiger partial charge in [0.15, 0.2) is 6.10 Å². The Balaban J connectivity index is 1.80. The normalized spacial score (nSPS) is 11.3. The molecule has 7 nitrogen and oxygen atoms in total. The fourth-order valence-corrected chi connectivity index (χ4v) is 2.47. The van der Waals surface area contributed by atoms with Gasteiger partial charge in [0.05, 0.1) is 6.61 Å². The first-order valence-corrected chi connectivity index (χ1v) is 9.38. The molecule has 0 aliphatic heterocycles. The molecule has 0 heterocycles. The van der Waals surface area contributed by atoms with Crippen LogP contribution >= 0.6 is 0 Å². The van der Waals surface area contributed by atoms with E-state index in [9.17, 15) is 14.4 Å². The fraction of sp³-hybridized carbons (Fsp3) is 0.318. The van der Waals surface area contributed by atoms with Gasteiger partial charge in [-0.15, -0.1) is 0 Å². The number of aryl methyl sites for hydroxylation is 2. The Hall–Kier alpha value is -3.35. The van der Waals surface area contributed by atoms with Gasteiger partial charge in [-0.2, -0.15) is 0 Å². The van der Waals surface area contributed by atoms with E-state index in [1.807, 2.05) is 26.8 Å². The summed E-state index contributed by atoms with van der Waals surface area (Å²) in [7, 11) is 0. The summed E-state index contributed by atoms with van der Waals surface area (Å²) < 4.78 is 10.4. The van der Waals surface area contributed by atoms with E-state index >= 15 is 0 Å². The Labute approximate surface area is 170 Å². The first kappa shape index (κ1) is 21.9. The van der Waals surface area contributed by atoms with Gasteiger partial charge in [0.2, 0.25) is 0 Å². The molecular formula is C22H26N2O5. The zero-order valence-electron chi connectivity index (χ0n) is 17.1. The maximum atomic E-state index is 12.2. The molecule has 2 rings (SSSR count). The van der Waals surface area contributed by atoms with Crippen LogP contribution in [0.4, 0.5) is 5.69 Å². The maximum Gasteiger partial charge on any atom is 0.326 e. The van der Waals surface area contributed by atoms with E-state index in [4.69, 9.17) is 9.47 Å². The third kappa shape index (κ3) is 6.64. The summed E-state index contributed by atoms with van der Waals surface area (Å²) in [5.41, 5.74) is 3.08. The molecule has 2 amide bonds. The Morgan fingerprint density at radius 3 is 2.31 bits per heavy atom. The van der Waals surface area contributed by atoms with Crippen molar-refractivity contribution in [1.82, 2.24) is 5.32 Å². The topological polar surface area (TPSA) is 93.7 Å². The third-order valence-corrected chi connectivity index (χ3v) is 4.27. The predicted octanol–water partition coefficient (Wildman–Crippen LogP) is 3.00. The summed E-state index contributed by atoms with van der Waals surface area (Å²) in [5.74, 6) is -0.847. The molecule has 0 aliphatic carbocycles. The van der Waals surface area contributed by atoms with Crippen molar-refractivity contribution in [2.24, 2.45) is 0 Å². The average Bonchev–Trinajstić information content (AvgIpc) is 2.69. The smallest absolute Gasteiger partial charge is 0.326 e. The van der Waals surface area contributed by atoms with Crippen molar-refractivity contribution in [1.29, 1.82) is 0 Å². The minimum Gasteiger partial charge on any atom is -0.494 e. The Kier molecular flexibility index (Phi) is 7.77. The highest BCUT2D eigenvalue weighted by atomic mass is 16.5. The second-order valence-electron chi connectivity index (χ2n) is 6.56. The highest BCUT2D eigenvalue weighted by molar-refractivity contribution is 5.97. The molecule has 0 aromatic heterocycles. The summed E-state index contributed by atoms with van der Waals surface area (Å²) >= 11 is 0. The number of ether oxygens (including phenoxy) is 2. The lowest BCUT2D eigenvalue weighted by atomic mass is 10.1. The maximum absolute atomic E-state index is 12.2. The van der Waals surface area contributed by atoms with Gasteiger partial charge in [0, 0.05) is 11.3 Å². The molecule has 0 saturated heterocycles. The minimum atomic E-state index is -1.01. The molecule has 2 aromatic rings. The van der Waals surface area contributed by atoms with Gasteiger partial charge in [0.25, 0.3) is 11.8 Å². The molecule has 2 aromatic carbocycles. The van der Waals surface area contributed by atoms with E-state index in [0.29, 0.717) is 23.6 Å². The van der Waals surface area contributed by atoms with Crippen LogP contribution in [0.15, 0.2) is 42.5 Å². The van der Waals surface area contributed by atoms with E-state index in [2.05, 4.69) is 10.6 Å². The molecule has 0 unspecified atom stereocenters. The minimum absolute atomic E-state index is 0.327. The molecule has 0 aliphatic rings. The summed E-state index contributed by atoms with van der Waals surface area (Å²) in [6, 6.07) is 12.1. The average molecular weight is 398 g/mol. The third-order valence-electron chi connectivity index (χ3n) is 4.27. The number of nitrogens with one attached hydrogen (secondary N) is 2. The van der Waals surface area contributed by atoms with Crippen molar-refractivity contribution < 1.29 is 23.9 Å². The van der Waals surface area contributed by atoms with Crippen molar-refractivity contribution >= 4 is 23.5 Å². The molecular weight excluding hydrogens is 372 g/mol. The van der Waals surface area contributed by atoms with Crippen LogP contribution in [0.1, 0.15) is 35.3 Å². The van der Waals surface area contributed by atoms with Crippen molar-refractivity contribution in [2.45, 2.75) is 33.8 Å². The molecule has 0 spiro atoms. The number of hydrogen-bond acceptors (Lipinski definition) is 5. The predicted molar refractivity (Wildman–Crippen MR) is 110 cm³/mol. The molecule has 0 saturated carbocycles. The number of rotatable bonds is 8. The van der Waals surface area contributed by atoms with Crippen LogP contribution in [0.3, 0.4) is 0 Å². The van der Waals surface area contributed by atoms with Gasteiger partial charge in [-0.25, -0.2) is 0 Å². The van der Waals surface area contributed by atoms with Gasteiger partial charge in [-0.1, -0.05) is 6.07 Å². The summed E-state index contributed by atoms with van der Waals surface area (Å²) in [6.07, 6.45) is -1.01. The fourth-order valence-electron chi connectivity index (χ4n) is 2.47. The summed E-state index contributed by atoms with van der Waals surface area (Å²) in [6.45, 7) is 7.44. The highest BCUT2D eigenvalue weighted by Crippen LogP contribution is 2.16. The van der Waals surface area contributed by atoms with Gasteiger partial charge in [-0.3, -0.25) is 14.4 Å². The van der Waals surface area contributed by atoms with E-state index in [1.54, 1.807) is 36.4 Å². The lowest BCUT2D eigenvalue weighted by Gasteiger charge is -2.14. The lowest BCUT2D eigenvalue weighted by molar-refractivity contribution is -0.152. The lowest BCUT2D eigenvalue weighted by Crippen LogP contribution is -2.35. The first-order valence-electron chi connectivity index (χ1n) is 9.38. The summed E-state index contributed by atoms with van der Waals surface area (Å²) in [5, 5.41) is 5.16. The Morgan fingerprint density at radius 2 is 1.69 bits per heavy atom. The number of anilines is 1. The molecule has 1 atom stereocenters. The number of carbonyl (C=O) groups is 3. The number of amides is 2. The van der Waals surface area contributed by atoms with Crippen molar-refractivity contribution in [2.75, 3.05) is 18.5 Å². The van der Waals surface area contributed by atoms with Crippen LogP contribution in [-0.2, 0) is 14.3 Å². The Morgan fingerprint density at radius 1 is 1.00 bits per heavy atom. The molecule has 0 radical (unpaired) electrons.